The fourth-order valence-corrected chi connectivity index (χ4v) is 2.72. The van der Waals surface area contributed by atoms with Crippen molar-refractivity contribution in [2.24, 2.45) is 5.84 Å². The van der Waals surface area contributed by atoms with E-state index in [0.29, 0.717) is 35.9 Å². The molecule has 1 fully saturated rings. The van der Waals surface area contributed by atoms with Crippen LogP contribution in [0.5, 0.6) is 0 Å². The molecule has 23 heavy (non-hydrogen) atoms. The van der Waals surface area contributed by atoms with Gasteiger partial charge in [-0.1, -0.05) is 0 Å². The Labute approximate surface area is 140 Å². The van der Waals surface area contributed by atoms with Crippen LogP contribution in [-0.4, -0.2) is 57.2 Å². The number of halogens is 1. The number of hydrazine groups is 1. The van der Waals surface area contributed by atoms with Gasteiger partial charge in [-0.2, -0.15) is 0 Å². The fraction of sp³-hybridized carbons (Fsp3) is 0.385. The molecule has 0 saturated carbocycles. The number of hydrogen-bond donors (Lipinski definition) is 3. The maximum atomic E-state index is 11.0. The van der Waals surface area contributed by atoms with Crippen LogP contribution in [0.1, 0.15) is 5.56 Å². The zero-order chi connectivity index (χ0) is 16.7. The van der Waals surface area contributed by atoms with Crippen LogP contribution in [0.25, 0.3) is 11.2 Å². The van der Waals surface area contributed by atoms with Gasteiger partial charge in [-0.05, 0) is 28.4 Å². The highest BCUT2D eigenvalue weighted by molar-refractivity contribution is 9.10. The molecule has 4 N–H and O–H groups in total. The van der Waals surface area contributed by atoms with Gasteiger partial charge in [0.1, 0.15) is 5.52 Å². The number of carboxylic acid groups (broad SMARTS) is 1. The summed E-state index contributed by atoms with van der Waals surface area (Å²) in [5.41, 5.74) is 4.68. The second kappa shape index (κ2) is 5.78. The van der Waals surface area contributed by atoms with Gasteiger partial charge in [0.2, 0.25) is 0 Å². The maximum Gasteiger partial charge on any atom is 0.407 e. The smallest absolute Gasteiger partial charge is 0.407 e. The first-order valence-corrected chi connectivity index (χ1v) is 7.71. The molecule has 0 radical (unpaired) electrons. The minimum atomic E-state index is -0.946. The monoisotopic (exact) mass is 381 g/mol. The number of pyridine rings is 1. The highest BCUT2D eigenvalue weighted by Gasteiger charge is 2.35. The van der Waals surface area contributed by atoms with Gasteiger partial charge in [-0.3, -0.25) is 0 Å². The minimum Gasteiger partial charge on any atom is -0.465 e. The van der Waals surface area contributed by atoms with Gasteiger partial charge in [-0.25, -0.2) is 25.6 Å². The van der Waals surface area contributed by atoms with Crippen LogP contribution < -0.4 is 16.2 Å². The number of rotatable bonds is 3. The summed E-state index contributed by atoms with van der Waals surface area (Å²) >= 11 is 3.42. The molecule has 1 aliphatic rings. The molecule has 0 aliphatic carbocycles. The van der Waals surface area contributed by atoms with E-state index in [1.165, 1.54) is 4.90 Å². The highest BCUT2D eigenvalue weighted by Crippen LogP contribution is 2.30. The van der Waals surface area contributed by atoms with Gasteiger partial charge in [0.05, 0.1) is 6.04 Å². The zero-order valence-electron chi connectivity index (χ0n) is 12.6. The van der Waals surface area contributed by atoms with Gasteiger partial charge in [0.15, 0.2) is 17.3 Å². The van der Waals surface area contributed by atoms with Crippen LogP contribution in [0.3, 0.4) is 0 Å². The van der Waals surface area contributed by atoms with Crippen molar-refractivity contribution >= 4 is 44.8 Å². The normalized spacial score (nSPS) is 14.7. The molecular weight excluding hydrogens is 366 g/mol. The average molecular weight is 382 g/mol. The van der Waals surface area contributed by atoms with Crippen LogP contribution in [0, 0.1) is 6.92 Å². The van der Waals surface area contributed by atoms with Crippen molar-refractivity contribution in [3.63, 3.8) is 0 Å². The Morgan fingerprint density at radius 2 is 2.22 bits per heavy atom. The third kappa shape index (κ3) is 2.63. The zero-order valence-corrected chi connectivity index (χ0v) is 14.2. The number of nitrogens with two attached hydrogens (primary N) is 1. The number of fused-ring (bicyclic) bond motifs is 1. The Morgan fingerprint density at radius 1 is 1.52 bits per heavy atom. The predicted molar refractivity (Wildman–Crippen MR) is 89.4 cm³/mol. The number of hydrogen-bond acceptors (Lipinski definition) is 7. The molecule has 3 heterocycles. The molecular formula is C13H16BrN7O2. The van der Waals surface area contributed by atoms with E-state index in [2.05, 4.69) is 36.3 Å². The number of nitrogen functional groups attached to an aromatic ring is 1. The van der Waals surface area contributed by atoms with Crippen LogP contribution >= 0.6 is 15.9 Å². The lowest BCUT2D eigenvalue weighted by atomic mass is 10.1. The van der Waals surface area contributed by atoms with Crippen LogP contribution in [0.4, 0.5) is 16.4 Å². The Balaban J connectivity index is 1.93. The molecule has 10 heteroatoms. The number of aryl methyl sites for hydroxylation is 1. The van der Waals surface area contributed by atoms with Crippen molar-refractivity contribution in [2.75, 3.05) is 30.5 Å². The molecule has 2 aromatic heterocycles. The van der Waals surface area contributed by atoms with E-state index < -0.39 is 6.09 Å². The summed E-state index contributed by atoms with van der Waals surface area (Å²) in [7, 11) is 1.56. The quantitative estimate of drug-likeness (QED) is 0.535. The first kappa shape index (κ1) is 15.7. The van der Waals surface area contributed by atoms with Gasteiger partial charge >= 0.3 is 6.09 Å². The molecule has 0 aromatic carbocycles. The second-order valence-electron chi connectivity index (χ2n) is 5.40. The van der Waals surface area contributed by atoms with E-state index >= 15 is 0 Å². The van der Waals surface area contributed by atoms with Crippen molar-refractivity contribution < 1.29 is 9.90 Å². The molecule has 1 saturated heterocycles. The third-order valence-corrected chi connectivity index (χ3v) is 4.82. The highest BCUT2D eigenvalue weighted by atomic mass is 79.9. The SMILES string of the molecule is Cc1c(Br)cnc2nc(N3CC(N(C)C(=O)O)C3)c(NN)nc12. The number of anilines is 2. The summed E-state index contributed by atoms with van der Waals surface area (Å²) in [6.45, 7) is 2.99. The molecule has 2 aromatic rings. The summed E-state index contributed by atoms with van der Waals surface area (Å²) in [5, 5.41) is 9.01. The molecule has 0 bridgehead atoms. The minimum absolute atomic E-state index is 0.0739. The lowest BCUT2D eigenvalue weighted by molar-refractivity contribution is 0.130. The standard InChI is InChI=1S/C13H16BrN7O2/c1-6-8(14)3-16-10-9(6)17-11(19-15)12(18-10)21-4-7(5-21)20(2)13(22)23/h3,7H,4-5,15H2,1-2H3,(H,17,19)(H,22,23). The van der Waals surface area contributed by atoms with Gasteiger partial charge in [0, 0.05) is 30.8 Å². The van der Waals surface area contributed by atoms with E-state index in [0.717, 1.165) is 10.0 Å². The lowest BCUT2D eigenvalue weighted by Gasteiger charge is -2.43. The van der Waals surface area contributed by atoms with Crippen LogP contribution in [0.2, 0.25) is 0 Å². The first-order valence-electron chi connectivity index (χ1n) is 6.92. The number of amides is 1. The number of carbonyl (C=O) groups is 1. The van der Waals surface area contributed by atoms with Crippen LogP contribution in [0.15, 0.2) is 10.7 Å². The number of likely N-dealkylation sites (N-methyl/N-ethyl adjacent to an activating group) is 1. The predicted octanol–water partition coefficient (Wildman–Crippen LogP) is 1.18. The molecule has 0 spiro atoms. The lowest BCUT2D eigenvalue weighted by Crippen LogP contribution is -2.60. The van der Waals surface area contributed by atoms with Crippen molar-refractivity contribution in [1.82, 2.24) is 19.9 Å². The average Bonchev–Trinajstić information content (AvgIpc) is 2.49. The Hall–Kier alpha value is -2.20. The van der Waals surface area contributed by atoms with E-state index in [-0.39, 0.29) is 6.04 Å². The number of nitrogens with one attached hydrogen (secondary N) is 1. The summed E-state index contributed by atoms with van der Waals surface area (Å²) in [5.74, 6) is 6.59. The van der Waals surface area contributed by atoms with E-state index in [4.69, 9.17) is 10.9 Å². The molecule has 1 amide bonds. The fourth-order valence-electron chi connectivity index (χ4n) is 2.43. The Bertz CT molecular complexity index is 778. The van der Waals surface area contributed by atoms with Crippen LogP contribution in [-0.2, 0) is 0 Å². The van der Waals surface area contributed by atoms with Crippen molar-refractivity contribution in [1.29, 1.82) is 0 Å². The topological polar surface area (TPSA) is 120 Å². The molecule has 9 nitrogen and oxygen atoms in total. The molecule has 122 valence electrons. The molecule has 3 rings (SSSR count). The summed E-state index contributed by atoms with van der Waals surface area (Å²) in [4.78, 5) is 27.5. The Kier molecular flexibility index (Phi) is 3.94. The van der Waals surface area contributed by atoms with Gasteiger partial charge < -0.3 is 20.3 Å². The van der Waals surface area contributed by atoms with Crippen molar-refractivity contribution in [2.45, 2.75) is 13.0 Å². The maximum absolute atomic E-state index is 11.0. The largest absolute Gasteiger partial charge is 0.465 e. The summed E-state index contributed by atoms with van der Waals surface area (Å²) in [6.07, 6.45) is 0.738. The molecule has 0 atom stereocenters. The Morgan fingerprint density at radius 3 is 2.83 bits per heavy atom. The third-order valence-electron chi connectivity index (χ3n) is 4.02. The van der Waals surface area contributed by atoms with E-state index in [1.54, 1.807) is 13.2 Å². The summed E-state index contributed by atoms with van der Waals surface area (Å²) < 4.78 is 0.849. The molecule has 1 aliphatic heterocycles. The number of aromatic nitrogens is 3. The van der Waals surface area contributed by atoms with Crippen molar-refractivity contribution in [3.8, 4) is 0 Å². The number of nitrogens with zero attached hydrogens (tertiary/aromatic N) is 5. The molecule has 0 unspecified atom stereocenters. The van der Waals surface area contributed by atoms with E-state index in [9.17, 15) is 4.79 Å². The first-order chi connectivity index (χ1) is 10.9. The van der Waals surface area contributed by atoms with Gasteiger partial charge in [-0.15, -0.1) is 0 Å². The van der Waals surface area contributed by atoms with E-state index in [1.807, 2.05) is 11.8 Å². The van der Waals surface area contributed by atoms with Crippen molar-refractivity contribution in [3.05, 3.63) is 16.2 Å². The second-order valence-corrected chi connectivity index (χ2v) is 6.25. The van der Waals surface area contributed by atoms with Gasteiger partial charge in [0.25, 0.3) is 0 Å². The summed E-state index contributed by atoms with van der Waals surface area (Å²) in [6, 6.07) is -0.0739.